The Labute approximate surface area is 140 Å². The maximum atomic E-state index is 13.0. The largest absolute Gasteiger partial charge is 0.376 e. The summed E-state index contributed by atoms with van der Waals surface area (Å²) in [4.78, 5) is 29.1. The van der Waals surface area contributed by atoms with Crippen molar-refractivity contribution in [3.8, 4) is 0 Å². The summed E-state index contributed by atoms with van der Waals surface area (Å²) < 4.78 is 13.0. The molecule has 8 heteroatoms. The molecular formula is C17H13FN4O3. The van der Waals surface area contributed by atoms with Crippen molar-refractivity contribution in [3.05, 3.63) is 74.6 Å². The highest BCUT2D eigenvalue weighted by Gasteiger charge is 2.39. The molecule has 0 radical (unpaired) electrons. The Hall–Kier alpha value is -3.29. The summed E-state index contributed by atoms with van der Waals surface area (Å²) in [6.45, 7) is 0. The lowest BCUT2D eigenvalue weighted by atomic mass is 10.1. The van der Waals surface area contributed by atoms with E-state index in [1.54, 1.807) is 12.1 Å². The van der Waals surface area contributed by atoms with E-state index in [-0.39, 0.29) is 28.9 Å². The van der Waals surface area contributed by atoms with Crippen molar-refractivity contribution < 1.29 is 9.31 Å². The van der Waals surface area contributed by atoms with Gasteiger partial charge < -0.3 is 10.3 Å². The van der Waals surface area contributed by atoms with Crippen LogP contribution in [0.25, 0.3) is 10.9 Å². The van der Waals surface area contributed by atoms with Crippen LogP contribution >= 0.6 is 0 Å². The number of anilines is 1. The normalized spacial score (nSPS) is 18.9. The van der Waals surface area contributed by atoms with Crippen LogP contribution in [0.4, 0.5) is 15.8 Å². The smallest absolute Gasteiger partial charge is 0.293 e. The fourth-order valence-corrected chi connectivity index (χ4v) is 3.00. The highest BCUT2D eigenvalue weighted by molar-refractivity contribution is 5.86. The fraction of sp³-hybridized carbons (Fsp3) is 0.176. The van der Waals surface area contributed by atoms with Crippen molar-refractivity contribution in [2.45, 2.75) is 18.4 Å². The first-order chi connectivity index (χ1) is 12.0. The Morgan fingerprint density at radius 2 is 2.04 bits per heavy atom. The SMILES string of the molecule is O=c1[nH]cnc2cc(N[C@@H]3C[C@H]3c3ccc(F)cc3)c([N+](=O)[O-])cc12. The molecule has 0 spiro atoms. The number of nitro groups is 1. The van der Waals surface area contributed by atoms with E-state index in [1.165, 1.54) is 30.6 Å². The Balaban J connectivity index is 1.65. The summed E-state index contributed by atoms with van der Waals surface area (Å²) in [6, 6.07) is 9.01. The van der Waals surface area contributed by atoms with Gasteiger partial charge in [0.25, 0.3) is 11.2 Å². The van der Waals surface area contributed by atoms with Gasteiger partial charge in [-0.15, -0.1) is 0 Å². The quantitative estimate of drug-likeness (QED) is 0.562. The number of nitrogens with one attached hydrogen (secondary N) is 2. The first kappa shape index (κ1) is 15.3. The Morgan fingerprint density at radius 3 is 2.76 bits per heavy atom. The number of benzene rings is 2. The van der Waals surface area contributed by atoms with Crippen LogP contribution in [0.1, 0.15) is 17.9 Å². The lowest BCUT2D eigenvalue weighted by Crippen LogP contribution is -2.10. The van der Waals surface area contributed by atoms with Gasteiger partial charge in [-0.3, -0.25) is 14.9 Å². The lowest BCUT2D eigenvalue weighted by molar-refractivity contribution is -0.383. The summed E-state index contributed by atoms with van der Waals surface area (Å²) >= 11 is 0. The summed E-state index contributed by atoms with van der Waals surface area (Å²) in [5, 5.41) is 14.7. The third kappa shape index (κ3) is 2.82. The van der Waals surface area contributed by atoms with Gasteiger partial charge in [-0.05, 0) is 30.2 Å². The molecule has 3 aromatic rings. The summed E-state index contributed by atoms with van der Waals surface area (Å²) in [6.07, 6.45) is 2.06. The number of halogens is 1. The molecule has 4 rings (SSSR count). The topological polar surface area (TPSA) is 101 Å². The van der Waals surface area contributed by atoms with Crippen molar-refractivity contribution in [1.82, 2.24) is 9.97 Å². The first-order valence-corrected chi connectivity index (χ1v) is 7.71. The molecule has 1 heterocycles. The molecule has 0 amide bonds. The molecule has 0 aliphatic heterocycles. The number of aromatic nitrogens is 2. The monoisotopic (exact) mass is 340 g/mol. The molecule has 2 atom stereocenters. The number of aromatic amines is 1. The third-order valence-corrected chi connectivity index (χ3v) is 4.38. The van der Waals surface area contributed by atoms with E-state index >= 15 is 0 Å². The maximum Gasteiger partial charge on any atom is 0.293 e. The van der Waals surface area contributed by atoms with Gasteiger partial charge in [-0.1, -0.05) is 12.1 Å². The third-order valence-electron chi connectivity index (χ3n) is 4.38. The molecule has 0 unspecified atom stereocenters. The van der Waals surface area contributed by atoms with Gasteiger partial charge in [-0.25, -0.2) is 9.37 Å². The number of nitro benzene ring substituents is 1. The van der Waals surface area contributed by atoms with E-state index in [4.69, 9.17) is 0 Å². The number of hydrogen-bond donors (Lipinski definition) is 2. The predicted molar refractivity (Wildman–Crippen MR) is 90.2 cm³/mol. The minimum Gasteiger partial charge on any atom is -0.376 e. The van der Waals surface area contributed by atoms with E-state index in [1.807, 2.05) is 0 Å². The van der Waals surface area contributed by atoms with Crippen molar-refractivity contribution in [2.75, 3.05) is 5.32 Å². The van der Waals surface area contributed by atoms with Crippen LogP contribution in [0, 0.1) is 15.9 Å². The zero-order valence-electron chi connectivity index (χ0n) is 12.9. The van der Waals surface area contributed by atoms with Crippen LogP contribution in [0.15, 0.2) is 47.5 Å². The molecule has 1 aliphatic carbocycles. The number of nitrogens with zero attached hydrogens (tertiary/aromatic N) is 2. The molecule has 1 saturated carbocycles. The number of fused-ring (bicyclic) bond motifs is 1. The second-order valence-electron chi connectivity index (χ2n) is 6.02. The van der Waals surface area contributed by atoms with Crippen molar-refractivity contribution in [1.29, 1.82) is 0 Å². The van der Waals surface area contributed by atoms with Crippen molar-refractivity contribution >= 4 is 22.3 Å². The highest BCUT2D eigenvalue weighted by atomic mass is 19.1. The zero-order valence-corrected chi connectivity index (χ0v) is 12.9. The van der Waals surface area contributed by atoms with Gasteiger partial charge in [0.15, 0.2) is 0 Å². The summed E-state index contributed by atoms with van der Waals surface area (Å²) in [5.74, 6) is -0.126. The van der Waals surface area contributed by atoms with E-state index in [9.17, 15) is 19.3 Å². The van der Waals surface area contributed by atoms with Crippen LogP contribution < -0.4 is 10.9 Å². The second kappa shape index (κ2) is 5.66. The van der Waals surface area contributed by atoms with E-state index in [0.29, 0.717) is 11.2 Å². The molecule has 1 fully saturated rings. The number of hydrogen-bond acceptors (Lipinski definition) is 5. The standard InChI is InChI=1S/C17H13FN4O3/c18-10-3-1-9(2-4-10)11-5-14(11)21-15-7-13-12(6-16(15)22(24)25)17(23)20-8-19-13/h1-4,6-8,11,14,21H,5H2,(H,19,20,23)/t11-,14+/m0/s1. The first-order valence-electron chi connectivity index (χ1n) is 7.71. The van der Waals surface area contributed by atoms with Gasteiger partial charge in [0.1, 0.15) is 11.5 Å². The van der Waals surface area contributed by atoms with Crippen LogP contribution in [-0.2, 0) is 0 Å². The molecule has 1 aliphatic rings. The van der Waals surface area contributed by atoms with Gasteiger partial charge in [0, 0.05) is 18.0 Å². The average molecular weight is 340 g/mol. The maximum absolute atomic E-state index is 13.0. The average Bonchev–Trinajstić information content (AvgIpc) is 3.34. The highest BCUT2D eigenvalue weighted by Crippen LogP contribution is 2.44. The molecule has 126 valence electrons. The van der Waals surface area contributed by atoms with Crippen LogP contribution in [0.5, 0.6) is 0 Å². The van der Waals surface area contributed by atoms with Crippen LogP contribution in [0.2, 0.25) is 0 Å². The number of H-pyrrole nitrogens is 1. The zero-order chi connectivity index (χ0) is 17.6. The van der Waals surface area contributed by atoms with Gasteiger partial charge >= 0.3 is 0 Å². The summed E-state index contributed by atoms with van der Waals surface area (Å²) in [7, 11) is 0. The Bertz CT molecular complexity index is 1030. The Kier molecular flexibility index (Phi) is 3.45. The minimum absolute atomic E-state index is 0.0172. The fourth-order valence-electron chi connectivity index (χ4n) is 3.00. The van der Waals surface area contributed by atoms with Crippen LogP contribution in [0.3, 0.4) is 0 Å². The van der Waals surface area contributed by atoms with Crippen molar-refractivity contribution in [3.63, 3.8) is 0 Å². The molecule has 2 N–H and O–H groups in total. The molecule has 7 nitrogen and oxygen atoms in total. The lowest BCUT2D eigenvalue weighted by Gasteiger charge is -2.08. The van der Waals surface area contributed by atoms with Gasteiger partial charge in [-0.2, -0.15) is 0 Å². The molecule has 0 saturated heterocycles. The van der Waals surface area contributed by atoms with E-state index < -0.39 is 10.5 Å². The van der Waals surface area contributed by atoms with Gasteiger partial charge in [0.05, 0.1) is 22.2 Å². The van der Waals surface area contributed by atoms with Crippen LogP contribution in [-0.4, -0.2) is 20.9 Å². The Morgan fingerprint density at radius 1 is 1.28 bits per heavy atom. The van der Waals surface area contributed by atoms with E-state index in [0.717, 1.165) is 12.0 Å². The van der Waals surface area contributed by atoms with Crippen molar-refractivity contribution in [2.24, 2.45) is 0 Å². The minimum atomic E-state index is -0.524. The van der Waals surface area contributed by atoms with Gasteiger partial charge in [0.2, 0.25) is 0 Å². The molecule has 1 aromatic heterocycles. The van der Waals surface area contributed by atoms with E-state index in [2.05, 4.69) is 15.3 Å². The molecular weight excluding hydrogens is 327 g/mol. The second-order valence-corrected chi connectivity index (χ2v) is 6.02. The number of rotatable bonds is 4. The predicted octanol–water partition coefficient (Wildman–Crippen LogP) is 2.94. The molecule has 0 bridgehead atoms. The summed E-state index contributed by atoms with van der Waals surface area (Å²) in [5.41, 5.74) is 1.10. The molecule has 25 heavy (non-hydrogen) atoms. The molecule has 2 aromatic carbocycles.